The lowest BCUT2D eigenvalue weighted by Crippen LogP contribution is -1.92. The monoisotopic (exact) mass is 257 g/mol. The maximum absolute atomic E-state index is 11.2. The van der Waals surface area contributed by atoms with Gasteiger partial charge in [-0.15, -0.1) is 0 Å². The highest BCUT2D eigenvalue weighted by Gasteiger charge is 2.14. The van der Waals surface area contributed by atoms with E-state index in [0.29, 0.717) is 27.8 Å². The van der Waals surface area contributed by atoms with Crippen LogP contribution in [0.4, 0.5) is 0 Å². The molecule has 4 nitrogen and oxygen atoms in total. The second kappa shape index (κ2) is 4.23. The van der Waals surface area contributed by atoms with Crippen LogP contribution in [0.25, 0.3) is 17.0 Å². The average molecular weight is 258 g/mol. The summed E-state index contributed by atoms with van der Waals surface area (Å²) in [6.07, 6.45) is 4.17. The summed E-state index contributed by atoms with van der Waals surface area (Å²) in [5.41, 5.74) is 2.33. The summed E-state index contributed by atoms with van der Waals surface area (Å²) in [6, 6.07) is 8.91. The zero-order valence-electron chi connectivity index (χ0n) is 9.25. The van der Waals surface area contributed by atoms with Gasteiger partial charge in [-0.2, -0.15) is 0 Å². The Kier molecular flexibility index (Phi) is 2.57. The minimum atomic E-state index is 0.473. The molecule has 3 aromatic rings. The third-order valence-electron chi connectivity index (χ3n) is 2.64. The predicted molar refractivity (Wildman–Crippen MR) is 68.8 cm³/mol. The lowest BCUT2D eigenvalue weighted by atomic mass is 10.2. The van der Waals surface area contributed by atoms with Gasteiger partial charge < -0.3 is 0 Å². The van der Waals surface area contributed by atoms with E-state index in [-0.39, 0.29) is 0 Å². The minimum absolute atomic E-state index is 0.473. The Hall–Kier alpha value is -2.20. The van der Waals surface area contributed by atoms with E-state index in [1.165, 1.54) is 0 Å². The minimum Gasteiger partial charge on any atom is -0.297 e. The van der Waals surface area contributed by atoms with Gasteiger partial charge in [0.15, 0.2) is 6.29 Å². The van der Waals surface area contributed by atoms with Crippen molar-refractivity contribution in [1.29, 1.82) is 0 Å². The molecule has 3 heterocycles. The number of rotatable bonds is 2. The van der Waals surface area contributed by atoms with Crippen LogP contribution in [0.5, 0.6) is 0 Å². The molecule has 3 rings (SSSR count). The summed E-state index contributed by atoms with van der Waals surface area (Å²) in [5, 5.41) is 0.581. The van der Waals surface area contributed by atoms with Gasteiger partial charge in [0.1, 0.15) is 17.0 Å². The van der Waals surface area contributed by atoms with Crippen LogP contribution in [0, 0.1) is 0 Å². The van der Waals surface area contributed by atoms with Gasteiger partial charge in [0.25, 0.3) is 0 Å². The fraction of sp³-hybridized carbons (Fsp3) is 0. The third kappa shape index (κ3) is 1.67. The molecule has 0 bridgehead atoms. The average Bonchev–Trinajstić information content (AvgIpc) is 2.77. The summed E-state index contributed by atoms with van der Waals surface area (Å²) in [7, 11) is 0. The predicted octanol–water partition coefficient (Wildman–Crippen LogP) is 2.86. The molecule has 0 spiro atoms. The van der Waals surface area contributed by atoms with Crippen molar-refractivity contribution in [2.24, 2.45) is 0 Å². The van der Waals surface area contributed by atoms with Crippen molar-refractivity contribution in [3.05, 3.63) is 53.4 Å². The van der Waals surface area contributed by atoms with Crippen molar-refractivity contribution in [3.8, 4) is 11.4 Å². The first-order chi connectivity index (χ1) is 8.79. The van der Waals surface area contributed by atoms with Crippen molar-refractivity contribution < 1.29 is 4.79 Å². The highest BCUT2D eigenvalue weighted by molar-refractivity contribution is 6.30. The van der Waals surface area contributed by atoms with Gasteiger partial charge in [0.2, 0.25) is 0 Å². The van der Waals surface area contributed by atoms with E-state index in [0.717, 1.165) is 6.29 Å². The molecule has 0 aliphatic heterocycles. The molecular weight excluding hydrogens is 250 g/mol. The molecule has 5 heteroatoms. The first-order valence-corrected chi connectivity index (χ1v) is 5.71. The lowest BCUT2D eigenvalue weighted by molar-refractivity contribution is 0.111. The molecular formula is C13H8ClN3O. The summed E-state index contributed by atoms with van der Waals surface area (Å²) in [5.74, 6) is 0. The van der Waals surface area contributed by atoms with E-state index in [9.17, 15) is 4.79 Å². The first kappa shape index (κ1) is 10.9. The van der Waals surface area contributed by atoms with Crippen molar-refractivity contribution in [2.45, 2.75) is 0 Å². The molecule has 0 saturated heterocycles. The van der Waals surface area contributed by atoms with Crippen molar-refractivity contribution in [3.63, 3.8) is 0 Å². The normalized spacial score (nSPS) is 10.7. The number of hydrogen-bond donors (Lipinski definition) is 0. The SMILES string of the molecule is O=Cc1c(-c2ccccn2)nc2cc(Cl)ccn12. The van der Waals surface area contributed by atoms with Crippen molar-refractivity contribution in [1.82, 2.24) is 14.4 Å². The zero-order chi connectivity index (χ0) is 12.5. The van der Waals surface area contributed by atoms with E-state index in [2.05, 4.69) is 9.97 Å². The maximum atomic E-state index is 11.2. The Bertz CT molecular complexity index is 722. The van der Waals surface area contributed by atoms with Crippen molar-refractivity contribution in [2.75, 3.05) is 0 Å². The number of hydrogen-bond acceptors (Lipinski definition) is 3. The largest absolute Gasteiger partial charge is 0.297 e. The number of imidazole rings is 1. The molecule has 0 N–H and O–H groups in total. The highest BCUT2D eigenvalue weighted by Crippen LogP contribution is 2.22. The number of halogens is 1. The number of carbonyl (C=O) groups is 1. The molecule has 0 aliphatic rings. The highest BCUT2D eigenvalue weighted by atomic mass is 35.5. The molecule has 0 atom stereocenters. The van der Waals surface area contributed by atoms with E-state index in [1.807, 2.05) is 18.2 Å². The number of carbonyl (C=O) groups excluding carboxylic acids is 1. The maximum Gasteiger partial charge on any atom is 0.169 e. The molecule has 88 valence electrons. The number of aldehydes is 1. The van der Waals surface area contributed by atoms with Gasteiger partial charge in [-0.05, 0) is 18.2 Å². The van der Waals surface area contributed by atoms with E-state index in [1.54, 1.807) is 28.9 Å². The van der Waals surface area contributed by atoms with Crippen LogP contribution >= 0.6 is 11.6 Å². The van der Waals surface area contributed by atoms with Crippen LogP contribution in [0.3, 0.4) is 0 Å². The van der Waals surface area contributed by atoms with Crippen LogP contribution < -0.4 is 0 Å². The third-order valence-corrected chi connectivity index (χ3v) is 2.88. The zero-order valence-corrected chi connectivity index (χ0v) is 10.0. The van der Waals surface area contributed by atoms with Gasteiger partial charge in [-0.25, -0.2) is 4.98 Å². The van der Waals surface area contributed by atoms with Gasteiger partial charge in [0, 0.05) is 23.5 Å². The first-order valence-electron chi connectivity index (χ1n) is 5.34. The number of nitrogens with zero attached hydrogens (tertiary/aromatic N) is 3. The topological polar surface area (TPSA) is 47.3 Å². The number of fused-ring (bicyclic) bond motifs is 1. The standard InChI is InChI=1S/C13H8ClN3O/c14-9-4-6-17-11(8-18)13(16-12(17)7-9)10-3-1-2-5-15-10/h1-8H. The molecule has 0 radical (unpaired) electrons. The van der Waals surface area contributed by atoms with Crippen molar-refractivity contribution >= 4 is 23.5 Å². The molecule has 0 amide bonds. The van der Waals surface area contributed by atoms with Crippen LogP contribution in [0.15, 0.2) is 42.7 Å². The van der Waals surface area contributed by atoms with Gasteiger partial charge in [0.05, 0.1) is 5.69 Å². The summed E-state index contributed by atoms with van der Waals surface area (Å²) in [6.45, 7) is 0. The molecule has 18 heavy (non-hydrogen) atoms. The van der Waals surface area contributed by atoms with E-state index in [4.69, 9.17) is 11.6 Å². The fourth-order valence-electron chi connectivity index (χ4n) is 1.84. The Morgan fingerprint density at radius 1 is 1.28 bits per heavy atom. The van der Waals surface area contributed by atoms with Crippen LogP contribution in [0.1, 0.15) is 10.5 Å². The fourth-order valence-corrected chi connectivity index (χ4v) is 2.00. The lowest BCUT2D eigenvalue weighted by Gasteiger charge is -1.97. The quantitative estimate of drug-likeness (QED) is 0.663. The molecule has 0 aromatic carbocycles. The Morgan fingerprint density at radius 3 is 2.89 bits per heavy atom. The summed E-state index contributed by atoms with van der Waals surface area (Å²) in [4.78, 5) is 19.8. The summed E-state index contributed by atoms with van der Waals surface area (Å²) < 4.78 is 1.70. The smallest absolute Gasteiger partial charge is 0.169 e. The van der Waals surface area contributed by atoms with Crippen LogP contribution in [-0.2, 0) is 0 Å². The number of aromatic nitrogens is 3. The Morgan fingerprint density at radius 2 is 2.17 bits per heavy atom. The second-order valence-electron chi connectivity index (χ2n) is 3.75. The second-order valence-corrected chi connectivity index (χ2v) is 4.19. The molecule has 0 aliphatic carbocycles. The molecule has 0 fully saturated rings. The van der Waals surface area contributed by atoms with Crippen LogP contribution in [0.2, 0.25) is 5.02 Å². The molecule has 3 aromatic heterocycles. The summed E-state index contributed by atoms with van der Waals surface area (Å²) >= 11 is 5.91. The van der Waals surface area contributed by atoms with Gasteiger partial charge >= 0.3 is 0 Å². The number of pyridine rings is 2. The molecule has 0 unspecified atom stereocenters. The van der Waals surface area contributed by atoms with Crippen LogP contribution in [-0.4, -0.2) is 20.7 Å². The Balaban J connectivity index is 2.33. The molecule has 0 saturated carbocycles. The van der Waals surface area contributed by atoms with E-state index >= 15 is 0 Å². The Labute approximate surface area is 108 Å². The van der Waals surface area contributed by atoms with Gasteiger partial charge in [-0.3, -0.25) is 14.2 Å². The van der Waals surface area contributed by atoms with Gasteiger partial charge in [-0.1, -0.05) is 17.7 Å². The van der Waals surface area contributed by atoms with E-state index < -0.39 is 0 Å².